The molecule has 0 aliphatic carbocycles. The zero-order chi connectivity index (χ0) is 16.8. The molecule has 0 bridgehead atoms. The summed E-state index contributed by atoms with van der Waals surface area (Å²) in [6.45, 7) is 4.74. The molecule has 114 valence electrons. The number of carbonyl (C=O) groups excluding carboxylic acids is 2. The van der Waals surface area contributed by atoms with E-state index in [4.69, 9.17) is 15.3 Å². The number of nitrogens with one attached hydrogen (secondary N) is 1. The molecular formula is C16H17N3O3. The number of hydrogen-bond acceptors (Lipinski definition) is 5. The highest BCUT2D eigenvalue weighted by atomic mass is 16.5. The van der Waals surface area contributed by atoms with Gasteiger partial charge >= 0.3 is 5.97 Å². The Morgan fingerprint density at radius 3 is 2.59 bits per heavy atom. The van der Waals surface area contributed by atoms with Crippen LogP contribution in [0.3, 0.4) is 0 Å². The third-order valence-corrected chi connectivity index (χ3v) is 3.35. The van der Waals surface area contributed by atoms with Crippen LogP contribution in [-0.2, 0) is 9.53 Å². The lowest BCUT2D eigenvalue weighted by Crippen LogP contribution is -2.50. The monoisotopic (exact) mass is 299 g/mol. The van der Waals surface area contributed by atoms with Crippen molar-refractivity contribution in [1.29, 1.82) is 10.5 Å². The summed E-state index contributed by atoms with van der Waals surface area (Å²) in [6.07, 6.45) is 0. The van der Waals surface area contributed by atoms with Gasteiger partial charge in [-0.25, -0.2) is 4.79 Å². The van der Waals surface area contributed by atoms with Gasteiger partial charge in [-0.3, -0.25) is 4.79 Å². The number of nitrogens with zero attached hydrogens (tertiary/aromatic N) is 2. The summed E-state index contributed by atoms with van der Waals surface area (Å²) in [5, 5.41) is 20.4. The van der Waals surface area contributed by atoms with E-state index in [-0.39, 0.29) is 11.5 Å². The zero-order valence-electron chi connectivity index (χ0n) is 12.7. The number of benzene rings is 1. The van der Waals surface area contributed by atoms with Crippen LogP contribution in [0, 0.1) is 28.6 Å². The van der Waals surface area contributed by atoms with Gasteiger partial charge in [0.2, 0.25) is 0 Å². The Labute approximate surface area is 129 Å². The molecule has 1 atom stereocenters. The summed E-state index contributed by atoms with van der Waals surface area (Å²) >= 11 is 0. The molecule has 6 nitrogen and oxygen atoms in total. The van der Waals surface area contributed by atoms with Crippen LogP contribution in [0.15, 0.2) is 24.3 Å². The standard InChI is InChI=1S/C16H17N3O3/c1-11(2)16(3,10-18)19-14(20)9-22-15(21)13-6-4-5-12(7-13)8-17/h4-7,11H,9H2,1-3H3,(H,19,20)/t16-/m1/s1. The number of nitriles is 2. The molecule has 1 rings (SSSR count). The van der Waals surface area contributed by atoms with Crippen LogP contribution in [0.2, 0.25) is 0 Å². The molecule has 0 saturated carbocycles. The Bertz CT molecular complexity index is 655. The quantitative estimate of drug-likeness (QED) is 0.834. The van der Waals surface area contributed by atoms with Crippen molar-refractivity contribution in [1.82, 2.24) is 5.32 Å². The van der Waals surface area contributed by atoms with Gasteiger partial charge in [0, 0.05) is 0 Å². The number of esters is 1. The highest BCUT2D eigenvalue weighted by molar-refractivity contribution is 5.91. The number of hydrogen-bond donors (Lipinski definition) is 1. The fourth-order valence-corrected chi connectivity index (χ4v) is 1.56. The van der Waals surface area contributed by atoms with Gasteiger partial charge in [0.25, 0.3) is 5.91 Å². The van der Waals surface area contributed by atoms with Crippen molar-refractivity contribution in [3.05, 3.63) is 35.4 Å². The van der Waals surface area contributed by atoms with Crippen molar-refractivity contribution in [2.24, 2.45) is 5.92 Å². The number of ether oxygens (including phenoxy) is 1. The smallest absolute Gasteiger partial charge is 0.338 e. The first-order chi connectivity index (χ1) is 10.3. The van der Waals surface area contributed by atoms with E-state index in [1.165, 1.54) is 12.1 Å². The molecule has 1 aromatic carbocycles. The summed E-state index contributed by atoms with van der Waals surface area (Å²) < 4.78 is 4.89. The minimum atomic E-state index is -1.02. The predicted molar refractivity (Wildman–Crippen MR) is 78.4 cm³/mol. The first kappa shape index (κ1) is 17.2. The molecule has 0 heterocycles. The van der Waals surface area contributed by atoms with Gasteiger partial charge in [-0.2, -0.15) is 10.5 Å². The molecule has 22 heavy (non-hydrogen) atoms. The van der Waals surface area contributed by atoms with Gasteiger partial charge in [-0.05, 0) is 31.0 Å². The number of amides is 1. The molecule has 1 aromatic rings. The molecule has 1 amide bonds. The minimum Gasteiger partial charge on any atom is -0.452 e. The van der Waals surface area contributed by atoms with E-state index in [2.05, 4.69) is 5.32 Å². The lowest BCUT2D eigenvalue weighted by atomic mass is 9.90. The molecule has 0 unspecified atom stereocenters. The van der Waals surface area contributed by atoms with E-state index in [0.29, 0.717) is 5.56 Å². The topological polar surface area (TPSA) is 103 Å². The van der Waals surface area contributed by atoms with Crippen molar-refractivity contribution < 1.29 is 14.3 Å². The maximum atomic E-state index is 11.8. The molecule has 0 radical (unpaired) electrons. The fourth-order valence-electron chi connectivity index (χ4n) is 1.56. The van der Waals surface area contributed by atoms with Crippen molar-refractivity contribution >= 4 is 11.9 Å². The second-order valence-electron chi connectivity index (χ2n) is 5.29. The molecule has 6 heteroatoms. The Balaban J connectivity index is 2.63. The van der Waals surface area contributed by atoms with Gasteiger partial charge < -0.3 is 10.1 Å². The van der Waals surface area contributed by atoms with Crippen molar-refractivity contribution in [3.63, 3.8) is 0 Å². The van der Waals surface area contributed by atoms with Gasteiger partial charge in [0.15, 0.2) is 6.61 Å². The van der Waals surface area contributed by atoms with Crippen LogP contribution >= 0.6 is 0 Å². The van der Waals surface area contributed by atoms with E-state index in [9.17, 15) is 9.59 Å². The zero-order valence-corrected chi connectivity index (χ0v) is 12.7. The second-order valence-corrected chi connectivity index (χ2v) is 5.29. The van der Waals surface area contributed by atoms with E-state index >= 15 is 0 Å². The largest absolute Gasteiger partial charge is 0.452 e. The average Bonchev–Trinajstić information content (AvgIpc) is 2.52. The molecule has 0 aliphatic rings. The van der Waals surface area contributed by atoms with Crippen LogP contribution in [0.1, 0.15) is 36.7 Å². The Kier molecular flexibility index (Phi) is 5.65. The average molecular weight is 299 g/mol. The molecule has 0 spiro atoms. The summed E-state index contributed by atoms with van der Waals surface area (Å²) in [5.74, 6) is -1.34. The SMILES string of the molecule is CC(C)[C@@](C)(C#N)NC(=O)COC(=O)c1cccc(C#N)c1. The van der Waals surface area contributed by atoms with Crippen molar-refractivity contribution in [3.8, 4) is 12.1 Å². The summed E-state index contributed by atoms with van der Waals surface area (Å²) in [5.41, 5.74) is -0.501. The van der Waals surface area contributed by atoms with E-state index in [1.807, 2.05) is 26.0 Å². The van der Waals surface area contributed by atoms with E-state index < -0.39 is 24.0 Å². The summed E-state index contributed by atoms with van der Waals surface area (Å²) in [7, 11) is 0. The Morgan fingerprint density at radius 2 is 2.05 bits per heavy atom. The summed E-state index contributed by atoms with van der Waals surface area (Å²) in [6, 6.07) is 9.94. The van der Waals surface area contributed by atoms with Gasteiger partial charge in [0.05, 0.1) is 23.3 Å². The van der Waals surface area contributed by atoms with Crippen molar-refractivity contribution in [2.45, 2.75) is 26.3 Å². The fraction of sp³-hybridized carbons (Fsp3) is 0.375. The third-order valence-electron chi connectivity index (χ3n) is 3.35. The number of carbonyl (C=O) groups is 2. The molecular weight excluding hydrogens is 282 g/mol. The molecule has 0 aliphatic heterocycles. The first-order valence-electron chi connectivity index (χ1n) is 6.72. The van der Waals surface area contributed by atoms with Crippen LogP contribution < -0.4 is 5.32 Å². The maximum absolute atomic E-state index is 11.8. The predicted octanol–water partition coefficient (Wildman–Crippen LogP) is 1.77. The van der Waals surface area contributed by atoms with Crippen molar-refractivity contribution in [2.75, 3.05) is 6.61 Å². The van der Waals surface area contributed by atoms with Crippen LogP contribution in [0.25, 0.3) is 0 Å². The van der Waals surface area contributed by atoms with Crippen LogP contribution in [0.4, 0.5) is 0 Å². The van der Waals surface area contributed by atoms with Gasteiger partial charge in [-0.1, -0.05) is 19.9 Å². The Hall–Kier alpha value is -2.86. The molecule has 0 aromatic heterocycles. The molecule has 0 fully saturated rings. The lowest BCUT2D eigenvalue weighted by Gasteiger charge is -2.27. The highest BCUT2D eigenvalue weighted by Crippen LogP contribution is 2.14. The lowest BCUT2D eigenvalue weighted by molar-refractivity contribution is -0.125. The van der Waals surface area contributed by atoms with Gasteiger partial charge in [0.1, 0.15) is 5.54 Å². The van der Waals surface area contributed by atoms with E-state index in [0.717, 1.165) is 0 Å². The second kappa shape index (κ2) is 7.24. The number of rotatable bonds is 5. The van der Waals surface area contributed by atoms with E-state index in [1.54, 1.807) is 19.1 Å². The van der Waals surface area contributed by atoms with Crippen LogP contribution in [-0.4, -0.2) is 24.0 Å². The maximum Gasteiger partial charge on any atom is 0.338 e. The highest BCUT2D eigenvalue weighted by Gasteiger charge is 2.30. The minimum absolute atomic E-state index is 0.0931. The van der Waals surface area contributed by atoms with Crippen LogP contribution in [0.5, 0.6) is 0 Å². The van der Waals surface area contributed by atoms with Gasteiger partial charge in [-0.15, -0.1) is 0 Å². The first-order valence-corrected chi connectivity index (χ1v) is 6.72. The third kappa shape index (κ3) is 4.32. The normalized spacial score (nSPS) is 12.6. The summed E-state index contributed by atoms with van der Waals surface area (Å²) in [4.78, 5) is 23.6. The molecule has 0 saturated heterocycles. The molecule has 1 N–H and O–H groups in total. The Morgan fingerprint density at radius 1 is 1.36 bits per heavy atom.